The average molecular weight is 427 g/mol. The molecule has 0 saturated carbocycles. The molecule has 0 saturated heterocycles. The van der Waals surface area contributed by atoms with Crippen molar-refractivity contribution in [3.8, 4) is 22.8 Å². The first kappa shape index (κ1) is 21.3. The Labute approximate surface area is 177 Å². The lowest BCUT2D eigenvalue weighted by molar-refractivity contribution is -0.124. The molecule has 1 N–H and O–H groups in total. The number of hydrogen-bond donors (Lipinski definition) is 1. The number of carbonyl (C=O) groups excluding carboxylic acids is 2. The number of aromatic nitrogens is 2. The van der Waals surface area contributed by atoms with Gasteiger partial charge in [-0.3, -0.25) is 15.1 Å². The van der Waals surface area contributed by atoms with Crippen molar-refractivity contribution >= 4 is 28.3 Å². The van der Waals surface area contributed by atoms with Crippen LogP contribution in [0.2, 0.25) is 0 Å². The number of esters is 1. The lowest BCUT2D eigenvalue weighted by Gasteiger charge is -2.15. The number of benzene rings is 1. The van der Waals surface area contributed by atoms with Crippen molar-refractivity contribution in [2.45, 2.75) is 19.4 Å². The minimum Gasteiger partial charge on any atom is -0.493 e. The van der Waals surface area contributed by atoms with Crippen LogP contribution in [0.4, 0.5) is 5.13 Å². The van der Waals surface area contributed by atoms with E-state index < -0.39 is 18.0 Å². The SMILES string of the molecule is CCC(OC(=O)c1ccncc1)C(=O)Nc1nc(-c2ccc(OC)c(OC)c2)cs1. The highest BCUT2D eigenvalue weighted by Crippen LogP contribution is 2.33. The highest BCUT2D eigenvalue weighted by atomic mass is 32.1. The number of nitrogens with one attached hydrogen (secondary N) is 1. The molecule has 3 aromatic rings. The summed E-state index contributed by atoms with van der Waals surface area (Å²) in [5.41, 5.74) is 1.83. The zero-order valence-electron chi connectivity index (χ0n) is 16.7. The van der Waals surface area contributed by atoms with Crippen LogP contribution in [0.15, 0.2) is 48.1 Å². The van der Waals surface area contributed by atoms with Gasteiger partial charge in [0.1, 0.15) is 0 Å². The van der Waals surface area contributed by atoms with Crippen LogP contribution in [0.5, 0.6) is 11.5 Å². The lowest BCUT2D eigenvalue weighted by Crippen LogP contribution is -2.32. The first-order valence-electron chi connectivity index (χ1n) is 9.15. The van der Waals surface area contributed by atoms with Crippen LogP contribution in [0.1, 0.15) is 23.7 Å². The summed E-state index contributed by atoms with van der Waals surface area (Å²) in [6.45, 7) is 1.76. The average Bonchev–Trinajstić information content (AvgIpc) is 3.25. The maximum absolute atomic E-state index is 12.6. The second-order valence-electron chi connectivity index (χ2n) is 6.13. The maximum Gasteiger partial charge on any atom is 0.339 e. The van der Waals surface area contributed by atoms with E-state index in [9.17, 15) is 9.59 Å². The molecule has 8 nitrogen and oxygen atoms in total. The van der Waals surface area contributed by atoms with Gasteiger partial charge in [-0.25, -0.2) is 9.78 Å². The van der Waals surface area contributed by atoms with E-state index in [0.717, 1.165) is 5.56 Å². The predicted molar refractivity (Wildman–Crippen MR) is 113 cm³/mol. The fourth-order valence-electron chi connectivity index (χ4n) is 2.65. The smallest absolute Gasteiger partial charge is 0.339 e. The first-order valence-corrected chi connectivity index (χ1v) is 10.0. The van der Waals surface area contributed by atoms with Gasteiger partial charge in [-0.1, -0.05) is 6.92 Å². The fraction of sp³-hybridized carbons (Fsp3) is 0.238. The van der Waals surface area contributed by atoms with Crippen LogP contribution in [-0.4, -0.2) is 42.2 Å². The number of thiazole rings is 1. The molecule has 0 aliphatic rings. The molecule has 2 aromatic heterocycles. The molecule has 0 bridgehead atoms. The number of hydrogen-bond acceptors (Lipinski definition) is 8. The molecular formula is C21H21N3O5S. The highest BCUT2D eigenvalue weighted by Gasteiger charge is 2.23. The molecule has 1 amide bonds. The summed E-state index contributed by atoms with van der Waals surface area (Å²) in [4.78, 5) is 33.1. The molecule has 0 aliphatic carbocycles. The molecule has 0 spiro atoms. The molecule has 9 heteroatoms. The number of carbonyl (C=O) groups is 2. The van der Waals surface area contributed by atoms with Gasteiger partial charge in [0.05, 0.1) is 25.5 Å². The molecule has 1 atom stereocenters. The van der Waals surface area contributed by atoms with Gasteiger partial charge >= 0.3 is 5.97 Å². The summed E-state index contributed by atoms with van der Waals surface area (Å²) >= 11 is 1.28. The molecule has 156 valence electrons. The largest absolute Gasteiger partial charge is 0.493 e. The topological polar surface area (TPSA) is 99.6 Å². The van der Waals surface area contributed by atoms with Crippen molar-refractivity contribution < 1.29 is 23.8 Å². The fourth-order valence-corrected chi connectivity index (χ4v) is 3.38. The van der Waals surface area contributed by atoms with Gasteiger partial charge in [0.25, 0.3) is 5.91 Å². The summed E-state index contributed by atoms with van der Waals surface area (Å²) in [6, 6.07) is 8.52. The van der Waals surface area contributed by atoms with E-state index in [0.29, 0.717) is 34.3 Å². The molecule has 0 fully saturated rings. The van der Waals surface area contributed by atoms with Gasteiger partial charge in [0.15, 0.2) is 22.7 Å². The Hall–Kier alpha value is -3.46. The summed E-state index contributed by atoms with van der Waals surface area (Å²) < 4.78 is 15.9. The zero-order chi connectivity index (χ0) is 21.5. The van der Waals surface area contributed by atoms with Gasteiger partial charge in [-0.15, -0.1) is 11.3 Å². The Morgan fingerprint density at radius 3 is 2.50 bits per heavy atom. The standard InChI is InChI=1S/C21H21N3O5S/c1-4-16(29-20(26)13-7-9-22-10-8-13)19(25)24-21-23-15(12-30-21)14-5-6-17(27-2)18(11-14)28-3/h5-12,16H,4H2,1-3H3,(H,23,24,25). The molecule has 0 aliphatic heterocycles. The van der Waals surface area contributed by atoms with Crippen molar-refractivity contribution in [3.05, 3.63) is 53.7 Å². The number of anilines is 1. The molecule has 0 radical (unpaired) electrons. The Kier molecular flexibility index (Phi) is 6.97. The van der Waals surface area contributed by atoms with E-state index in [2.05, 4.69) is 15.3 Å². The normalized spacial score (nSPS) is 11.4. The summed E-state index contributed by atoms with van der Waals surface area (Å²) in [5, 5.41) is 4.94. The van der Waals surface area contributed by atoms with Crippen molar-refractivity contribution in [1.82, 2.24) is 9.97 Å². The number of ether oxygens (including phenoxy) is 3. The van der Waals surface area contributed by atoms with Crippen LogP contribution in [0.25, 0.3) is 11.3 Å². The van der Waals surface area contributed by atoms with Crippen LogP contribution < -0.4 is 14.8 Å². The van der Waals surface area contributed by atoms with Crippen LogP contribution in [0, 0.1) is 0 Å². The third-order valence-corrected chi connectivity index (χ3v) is 5.00. The van der Waals surface area contributed by atoms with Gasteiger partial charge in [-0.2, -0.15) is 0 Å². The summed E-state index contributed by atoms with van der Waals surface area (Å²) in [6.07, 6.45) is 2.38. The van der Waals surface area contributed by atoms with Gasteiger partial charge < -0.3 is 14.2 Å². The van der Waals surface area contributed by atoms with E-state index >= 15 is 0 Å². The second-order valence-corrected chi connectivity index (χ2v) is 6.99. The van der Waals surface area contributed by atoms with Crippen LogP contribution in [0.3, 0.4) is 0 Å². The van der Waals surface area contributed by atoms with Crippen LogP contribution >= 0.6 is 11.3 Å². The molecule has 1 aromatic carbocycles. The molecular weight excluding hydrogens is 406 g/mol. The third-order valence-electron chi connectivity index (χ3n) is 4.24. The van der Waals surface area contributed by atoms with E-state index in [4.69, 9.17) is 14.2 Å². The van der Waals surface area contributed by atoms with Gasteiger partial charge in [0.2, 0.25) is 0 Å². The van der Waals surface area contributed by atoms with Crippen molar-refractivity contribution in [3.63, 3.8) is 0 Å². The van der Waals surface area contributed by atoms with Crippen molar-refractivity contribution in [2.24, 2.45) is 0 Å². The Morgan fingerprint density at radius 2 is 1.83 bits per heavy atom. The predicted octanol–water partition coefficient (Wildman–Crippen LogP) is 3.80. The number of nitrogens with zero attached hydrogens (tertiary/aromatic N) is 2. The molecule has 3 rings (SSSR count). The van der Waals surface area contributed by atoms with E-state index in [1.807, 2.05) is 17.5 Å². The van der Waals surface area contributed by atoms with Gasteiger partial charge in [-0.05, 0) is 36.8 Å². The summed E-state index contributed by atoms with van der Waals surface area (Å²) in [7, 11) is 3.13. The third kappa shape index (κ3) is 4.93. The molecule has 30 heavy (non-hydrogen) atoms. The first-order chi connectivity index (χ1) is 14.5. The second kappa shape index (κ2) is 9.84. The van der Waals surface area contributed by atoms with E-state index in [1.165, 1.54) is 35.9 Å². The number of methoxy groups -OCH3 is 2. The molecule has 1 unspecified atom stereocenters. The monoisotopic (exact) mass is 427 g/mol. The maximum atomic E-state index is 12.6. The Balaban J connectivity index is 1.68. The highest BCUT2D eigenvalue weighted by molar-refractivity contribution is 7.14. The zero-order valence-corrected chi connectivity index (χ0v) is 17.6. The number of amides is 1. The summed E-state index contributed by atoms with van der Waals surface area (Å²) in [5.74, 6) is 0.187. The molecule has 2 heterocycles. The number of pyridine rings is 1. The van der Waals surface area contributed by atoms with Crippen molar-refractivity contribution in [1.29, 1.82) is 0 Å². The lowest BCUT2D eigenvalue weighted by atomic mass is 10.1. The Morgan fingerprint density at radius 1 is 1.10 bits per heavy atom. The quantitative estimate of drug-likeness (QED) is 0.546. The minimum atomic E-state index is -0.931. The Bertz CT molecular complexity index is 1020. The van der Waals surface area contributed by atoms with Gasteiger partial charge in [0, 0.05) is 23.3 Å². The van der Waals surface area contributed by atoms with E-state index in [-0.39, 0.29) is 0 Å². The minimum absolute atomic E-state index is 0.330. The van der Waals surface area contributed by atoms with E-state index in [1.54, 1.807) is 27.2 Å². The van der Waals surface area contributed by atoms with Crippen molar-refractivity contribution in [2.75, 3.05) is 19.5 Å². The number of rotatable bonds is 8. The van der Waals surface area contributed by atoms with Crippen LogP contribution in [-0.2, 0) is 9.53 Å².